The molecule has 0 radical (unpaired) electrons. The maximum absolute atomic E-state index is 11.5. The van der Waals surface area contributed by atoms with Crippen LogP contribution in [0.4, 0.5) is 0 Å². The molecule has 0 spiro atoms. The minimum absolute atomic E-state index is 0.228. The summed E-state index contributed by atoms with van der Waals surface area (Å²) in [4.78, 5) is 16.1. The van der Waals surface area contributed by atoms with Gasteiger partial charge in [-0.05, 0) is 17.7 Å². The van der Waals surface area contributed by atoms with Gasteiger partial charge in [-0.3, -0.25) is 4.79 Å². The highest BCUT2D eigenvalue weighted by molar-refractivity contribution is 7.99. The third kappa shape index (κ3) is 3.54. The highest BCUT2D eigenvalue weighted by Crippen LogP contribution is 2.28. The zero-order valence-electron chi connectivity index (χ0n) is 13.6. The Balaban J connectivity index is 1.99. The number of fused-ring (bicyclic) bond motifs is 1. The molecule has 0 fully saturated rings. The fourth-order valence-electron chi connectivity index (χ4n) is 2.43. The molecule has 2 aromatic carbocycles. The van der Waals surface area contributed by atoms with E-state index in [0.29, 0.717) is 6.54 Å². The quantitative estimate of drug-likeness (QED) is 0.508. The molecular formula is C18H18N2O3S. The Labute approximate surface area is 144 Å². The van der Waals surface area contributed by atoms with E-state index in [-0.39, 0.29) is 11.7 Å². The van der Waals surface area contributed by atoms with E-state index in [2.05, 4.69) is 21.7 Å². The van der Waals surface area contributed by atoms with Crippen molar-refractivity contribution in [1.29, 1.82) is 0 Å². The van der Waals surface area contributed by atoms with Gasteiger partial charge in [0.1, 0.15) is 5.75 Å². The smallest absolute Gasteiger partial charge is 0.316 e. The summed E-state index contributed by atoms with van der Waals surface area (Å²) in [5.74, 6) is 0.721. The summed E-state index contributed by atoms with van der Waals surface area (Å²) in [5.41, 5.74) is 3.03. The first-order valence-electron chi connectivity index (χ1n) is 7.49. The summed E-state index contributed by atoms with van der Waals surface area (Å²) in [7, 11) is 3.02. The van der Waals surface area contributed by atoms with Crippen molar-refractivity contribution < 1.29 is 14.3 Å². The Kier molecular flexibility index (Phi) is 5.05. The van der Waals surface area contributed by atoms with E-state index in [1.54, 1.807) is 7.11 Å². The van der Waals surface area contributed by atoms with Gasteiger partial charge >= 0.3 is 5.97 Å². The van der Waals surface area contributed by atoms with Crippen molar-refractivity contribution in [1.82, 2.24) is 9.55 Å². The number of benzene rings is 2. The van der Waals surface area contributed by atoms with Gasteiger partial charge in [-0.2, -0.15) is 0 Å². The predicted octanol–water partition coefficient (Wildman–Crippen LogP) is 3.36. The first-order chi connectivity index (χ1) is 11.7. The normalized spacial score (nSPS) is 10.8. The van der Waals surface area contributed by atoms with Gasteiger partial charge in [0.25, 0.3) is 0 Å². The molecule has 24 heavy (non-hydrogen) atoms. The average Bonchev–Trinajstić information content (AvgIpc) is 2.97. The highest BCUT2D eigenvalue weighted by atomic mass is 32.2. The van der Waals surface area contributed by atoms with Gasteiger partial charge in [0.05, 0.1) is 37.6 Å². The van der Waals surface area contributed by atoms with E-state index in [9.17, 15) is 4.79 Å². The molecule has 0 aliphatic carbocycles. The molecule has 3 rings (SSSR count). The van der Waals surface area contributed by atoms with Gasteiger partial charge in [0.15, 0.2) is 5.16 Å². The van der Waals surface area contributed by atoms with E-state index >= 15 is 0 Å². The molecule has 0 saturated carbocycles. The summed E-state index contributed by atoms with van der Waals surface area (Å²) in [6.07, 6.45) is 0. The van der Waals surface area contributed by atoms with Crippen LogP contribution in [0.15, 0.2) is 53.7 Å². The lowest BCUT2D eigenvalue weighted by Crippen LogP contribution is -2.06. The van der Waals surface area contributed by atoms with Crippen molar-refractivity contribution in [3.63, 3.8) is 0 Å². The maximum atomic E-state index is 11.5. The number of hydrogen-bond donors (Lipinski definition) is 0. The largest absolute Gasteiger partial charge is 0.497 e. The summed E-state index contributed by atoms with van der Waals surface area (Å²) >= 11 is 1.37. The minimum atomic E-state index is -0.268. The molecule has 0 aliphatic heterocycles. The Morgan fingerprint density at radius 3 is 2.67 bits per heavy atom. The monoisotopic (exact) mass is 342 g/mol. The molecule has 6 heteroatoms. The van der Waals surface area contributed by atoms with Gasteiger partial charge in [0.2, 0.25) is 0 Å². The van der Waals surface area contributed by atoms with Crippen LogP contribution < -0.4 is 4.74 Å². The Morgan fingerprint density at radius 2 is 1.96 bits per heavy atom. The number of rotatable bonds is 6. The number of aromatic nitrogens is 2. The Hall–Kier alpha value is -2.47. The lowest BCUT2D eigenvalue weighted by atomic mass is 10.2. The summed E-state index contributed by atoms with van der Waals surface area (Å²) < 4.78 is 12.1. The number of methoxy groups -OCH3 is 2. The van der Waals surface area contributed by atoms with E-state index in [4.69, 9.17) is 9.47 Å². The molecule has 0 saturated heterocycles. The fraction of sp³-hybridized carbons (Fsp3) is 0.222. The molecular weight excluding hydrogens is 324 g/mol. The number of ether oxygens (including phenoxy) is 2. The average molecular weight is 342 g/mol. The van der Waals surface area contributed by atoms with Crippen LogP contribution >= 0.6 is 11.8 Å². The van der Waals surface area contributed by atoms with Crippen LogP contribution in [0.25, 0.3) is 11.0 Å². The number of carbonyl (C=O) groups is 1. The molecule has 5 nitrogen and oxygen atoms in total. The van der Waals surface area contributed by atoms with Gasteiger partial charge < -0.3 is 14.0 Å². The molecule has 3 aromatic rings. The van der Waals surface area contributed by atoms with Crippen LogP contribution in [0.3, 0.4) is 0 Å². The molecule has 1 aromatic heterocycles. The number of imidazole rings is 1. The maximum Gasteiger partial charge on any atom is 0.316 e. The van der Waals surface area contributed by atoms with Gasteiger partial charge in [-0.25, -0.2) is 4.98 Å². The molecule has 0 atom stereocenters. The van der Waals surface area contributed by atoms with Crippen LogP contribution in [0, 0.1) is 0 Å². The van der Waals surface area contributed by atoms with E-state index in [1.807, 2.05) is 36.4 Å². The molecule has 1 heterocycles. The molecule has 0 amide bonds. The Morgan fingerprint density at radius 1 is 1.17 bits per heavy atom. The molecule has 0 N–H and O–H groups in total. The number of hydrogen-bond acceptors (Lipinski definition) is 5. The van der Waals surface area contributed by atoms with Crippen LogP contribution in [-0.2, 0) is 16.1 Å². The van der Waals surface area contributed by atoms with Crippen molar-refractivity contribution in [2.24, 2.45) is 0 Å². The van der Waals surface area contributed by atoms with Crippen molar-refractivity contribution >= 4 is 28.8 Å². The second kappa shape index (κ2) is 7.40. The second-order valence-electron chi connectivity index (χ2n) is 5.19. The van der Waals surface area contributed by atoms with Gasteiger partial charge in [0, 0.05) is 6.07 Å². The zero-order valence-corrected chi connectivity index (χ0v) is 14.4. The first kappa shape index (κ1) is 16.4. The second-order valence-corrected chi connectivity index (χ2v) is 6.13. The van der Waals surface area contributed by atoms with Crippen LogP contribution in [-0.4, -0.2) is 35.5 Å². The van der Waals surface area contributed by atoms with Crippen molar-refractivity contribution in [2.45, 2.75) is 11.7 Å². The third-order valence-corrected chi connectivity index (χ3v) is 4.60. The predicted molar refractivity (Wildman–Crippen MR) is 94.6 cm³/mol. The van der Waals surface area contributed by atoms with Crippen molar-refractivity contribution in [2.75, 3.05) is 20.0 Å². The SMILES string of the molecule is COC(=O)CSc1nc2cc(OC)ccc2n1Cc1ccccc1. The first-order valence-corrected chi connectivity index (χ1v) is 8.47. The number of carbonyl (C=O) groups excluding carboxylic acids is 1. The minimum Gasteiger partial charge on any atom is -0.497 e. The lowest BCUT2D eigenvalue weighted by molar-refractivity contribution is -0.137. The lowest BCUT2D eigenvalue weighted by Gasteiger charge is -2.09. The van der Waals surface area contributed by atoms with Crippen LogP contribution in [0.1, 0.15) is 5.56 Å². The van der Waals surface area contributed by atoms with Crippen LogP contribution in [0.2, 0.25) is 0 Å². The van der Waals surface area contributed by atoms with Crippen molar-refractivity contribution in [3.05, 3.63) is 54.1 Å². The summed E-state index contributed by atoms with van der Waals surface area (Å²) in [5, 5.41) is 0.785. The molecule has 124 valence electrons. The highest BCUT2D eigenvalue weighted by Gasteiger charge is 2.14. The van der Waals surface area contributed by atoms with Crippen LogP contribution in [0.5, 0.6) is 5.75 Å². The molecule has 0 aliphatic rings. The number of nitrogens with zero attached hydrogens (tertiary/aromatic N) is 2. The zero-order chi connectivity index (χ0) is 16.9. The standard InChI is InChI=1S/C18H18N2O3S/c1-22-14-8-9-16-15(10-14)19-18(24-12-17(21)23-2)20(16)11-13-6-4-3-5-7-13/h3-10H,11-12H2,1-2H3. The number of esters is 1. The van der Waals surface area contributed by atoms with Crippen molar-refractivity contribution in [3.8, 4) is 5.75 Å². The molecule has 0 bridgehead atoms. The topological polar surface area (TPSA) is 53.4 Å². The number of thioether (sulfide) groups is 1. The van der Waals surface area contributed by atoms with Gasteiger partial charge in [-0.1, -0.05) is 42.1 Å². The fourth-order valence-corrected chi connectivity index (χ4v) is 3.27. The van der Waals surface area contributed by atoms with E-state index in [0.717, 1.165) is 21.9 Å². The van der Waals surface area contributed by atoms with E-state index in [1.165, 1.54) is 24.4 Å². The summed E-state index contributed by atoms with van der Waals surface area (Å²) in [6, 6.07) is 16.0. The van der Waals surface area contributed by atoms with Gasteiger partial charge in [-0.15, -0.1) is 0 Å². The summed E-state index contributed by atoms with van der Waals surface area (Å²) in [6.45, 7) is 0.688. The molecule has 0 unspecified atom stereocenters. The third-order valence-electron chi connectivity index (χ3n) is 3.65. The Bertz CT molecular complexity index is 846. The van der Waals surface area contributed by atoms with E-state index < -0.39 is 0 Å².